The molecule has 1 N–H and O–H groups in total. The average molecular weight is 429 g/mol. The molecule has 170 valence electrons. The summed E-state index contributed by atoms with van der Waals surface area (Å²) in [6.45, 7) is 19.6. The van der Waals surface area contributed by atoms with Crippen molar-refractivity contribution in [1.29, 1.82) is 0 Å². The summed E-state index contributed by atoms with van der Waals surface area (Å²) in [6.07, 6.45) is 1.96. The fraction of sp³-hybridized carbons (Fsp3) is 0.419. The number of hydrogen-bond acceptors (Lipinski definition) is 1. The summed E-state index contributed by atoms with van der Waals surface area (Å²) in [5, 5.41) is 11.0. The average Bonchev–Trinajstić information content (AvgIpc) is 2.68. The number of phenolic OH excluding ortho intramolecular Hbond substituents is 1. The van der Waals surface area contributed by atoms with Crippen LogP contribution in [0.4, 0.5) is 0 Å². The standard InChI is InChI=1S/C31H40O/c1-20-16-22(3)26(17-21(20)2)25-14-12-23(13-15-25)10-11-24-18-27(30(4,5)6)29(32)28(19-24)31(7,8)9/h12-19,32H,10-11H2,1-9H3. The van der Waals surface area contributed by atoms with E-state index in [4.69, 9.17) is 0 Å². The van der Waals surface area contributed by atoms with Gasteiger partial charge in [-0.2, -0.15) is 0 Å². The fourth-order valence-electron chi connectivity index (χ4n) is 4.39. The minimum Gasteiger partial charge on any atom is -0.507 e. The summed E-state index contributed by atoms with van der Waals surface area (Å²) in [6, 6.07) is 18.0. The molecular weight excluding hydrogens is 388 g/mol. The molecule has 0 radical (unpaired) electrons. The van der Waals surface area contributed by atoms with Crippen molar-refractivity contribution in [3.8, 4) is 16.9 Å². The van der Waals surface area contributed by atoms with Crippen molar-refractivity contribution in [2.45, 2.75) is 86.0 Å². The first-order valence-corrected chi connectivity index (χ1v) is 11.8. The van der Waals surface area contributed by atoms with Crippen molar-refractivity contribution < 1.29 is 5.11 Å². The SMILES string of the molecule is Cc1cc(C)c(-c2ccc(CCc3cc(C(C)(C)C)c(O)c(C(C)(C)C)c3)cc2)cc1C. The van der Waals surface area contributed by atoms with Gasteiger partial charge in [0.05, 0.1) is 0 Å². The van der Waals surface area contributed by atoms with E-state index >= 15 is 0 Å². The van der Waals surface area contributed by atoms with Gasteiger partial charge in [0, 0.05) is 0 Å². The van der Waals surface area contributed by atoms with Gasteiger partial charge in [0.2, 0.25) is 0 Å². The molecule has 0 aliphatic heterocycles. The van der Waals surface area contributed by atoms with E-state index in [0.717, 1.165) is 24.0 Å². The number of rotatable bonds is 4. The molecule has 0 bridgehead atoms. The van der Waals surface area contributed by atoms with Gasteiger partial charge in [0.1, 0.15) is 5.75 Å². The molecule has 1 heteroatoms. The molecule has 0 unspecified atom stereocenters. The van der Waals surface area contributed by atoms with Gasteiger partial charge in [-0.05, 0) is 94.5 Å². The lowest BCUT2D eigenvalue weighted by molar-refractivity contribution is 0.422. The molecule has 3 aromatic rings. The molecule has 0 saturated carbocycles. The van der Waals surface area contributed by atoms with Crippen LogP contribution in [0.1, 0.15) is 80.5 Å². The Morgan fingerprint density at radius 1 is 0.594 bits per heavy atom. The molecule has 32 heavy (non-hydrogen) atoms. The van der Waals surface area contributed by atoms with E-state index in [0.29, 0.717) is 5.75 Å². The highest BCUT2D eigenvalue weighted by Crippen LogP contribution is 2.40. The second kappa shape index (κ2) is 8.77. The quantitative estimate of drug-likeness (QED) is 0.442. The predicted octanol–water partition coefficient (Wildman–Crippen LogP) is 8.36. The lowest BCUT2D eigenvalue weighted by Crippen LogP contribution is -2.18. The van der Waals surface area contributed by atoms with E-state index in [1.165, 1.54) is 38.9 Å². The monoisotopic (exact) mass is 428 g/mol. The summed E-state index contributed by atoms with van der Waals surface area (Å²) < 4.78 is 0. The molecule has 0 amide bonds. The van der Waals surface area contributed by atoms with Crippen molar-refractivity contribution in [3.05, 3.63) is 87.5 Å². The summed E-state index contributed by atoms with van der Waals surface area (Å²) >= 11 is 0. The van der Waals surface area contributed by atoms with Crippen LogP contribution in [0.3, 0.4) is 0 Å². The molecule has 3 aromatic carbocycles. The van der Waals surface area contributed by atoms with Gasteiger partial charge in [0.15, 0.2) is 0 Å². The highest BCUT2D eigenvalue weighted by molar-refractivity contribution is 5.69. The van der Waals surface area contributed by atoms with E-state index in [-0.39, 0.29) is 10.8 Å². The Morgan fingerprint density at radius 2 is 1.06 bits per heavy atom. The third kappa shape index (κ3) is 5.26. The smallest absolute Gasteiger partial charge is 0.123 e. The zero-order chi connectivity index (χ0) is 23.8. The lowest BCUT2D eigenvalue weighted by Gasteiger charge is -2.28. The van der Waals surface area contributed by atoms with Crippen LogP contribution in [0.25, 0.3) is 11.1 Å². The molecule has 3 rings (SSSR count). The van der Waals surface area contributed by atoms with Crippen molar-refractivity contribution in [2.24, 2.45) is 0 Å². The molecule has 0 aliphatic rings. The topological polar surface area (TPSA) is 20.2 Å². The molecule has 1 nitrogen and oxygen atoms in total. The zero-order valence-electron chi connectivity index (χ0n) is 21.5. The molecule has 0 spiro atoms. The first-order chi connectivity index (χ1) is 14.8. The Morgan fingerprint density at radius 3 is 1.56 bits per heavy atom. The first kappa shape index (κ1) is 24.1. The molecule has 0 saturated heterocycles. The van der Waals surface area contributed by atoms with Gasteiger partial charge in [-0.1, -0.05) is 90.1 Å². The number of aromatic hydroxyl groups is 1. The van der Waals surface area contributed by atoms with Crippen LogP contribution in [0.5, 0.6) is 5.75 Å². The van der Waals surface area contributed by atoms with Gasteiger partial charge in [-0.15, -0.1) is 0 Å². The van der Waals surface area contributed by atoms with Crippen molar-refractivity contribution >= 4 is 0 Å². The second-order valence-corrected chi connectivity index (χ2v) is 11.5. The molecule has 0 heterocycles. The Labute approximate surface area is 195 Å². The normalized spacial score (nSPS) is 12.3. The van der Waals surface area contributed by atoms with Crippen LogP contribution in [-0.4, -0.2) is 5.11 Å². The summed E-state index contributed by atoms with van der Waals surface area (Å²) in [4.78, 5) is 0. The Bertz CT molecular complexity index is 1070. The molecule has 0 aliphatic carbocycles. The number of benzene rings is 3. The summed E-state index contributed by atoms with van der Waals surface area (Å²) in [7, 11) is 0. The van der Waals surface area contributed by atoms with Crippen LogP contribution in [-0.2, 0) is 23.7 Å². The Kier molecular flexibility index (Phi) is 6.61. The van der Waals surface area contributed by atoms with E-state index in [2.05, 4.69) is 111 Å². The lowest BCUT2D eigenvalue weighted by atomic mass is 9.78. The minimum atomic E-state index is -0.0915. The molecular formula is C31H40O. The van der Waals surface area contributed by atoms with Crippen LogP contribution >= 0.6 is 0 Å². The van der Waals surface area contributed by atoms with Crippen molar-refractivity contribution in [1.82, 2.24) is 0 Å². The third-order valence-electron chi connectivity index (χ3n) is 6.59. The number of hydrogen-bond donors (Lipinski definition) is 1. The minimum absolute atomic E-state index is 0.0915. The zero-order valence-corrected chi connectivity index (χ0v) is 21.5. The summed E-state index contributed by atoms with van der Waals surface area (Å²) in [5.74, 6) is 0.460. The Hall–Kier alpha value is -2.54. The van der Waals surface area contributed by atoms with Crippen LogP contribution in [0.2, 0.25) is 0 Å². The largest absolute Gasteiger partial charge is 0.507 e. The van der Waals surface area contributed by atoms with Crippen LogP contribution in [0.15, 0.2) is 48.5 Å². The van der Waals surface area contributed by atoms with Gasteiger partial charge >= 0.3 is 0 Å². The third-order valence-corrected chi connectivity index (χ3v) is 6.59. The van der Waals surface area contributed by atoms with E-state index < -0.39 is 0 Å². The maximum absolute atomic E-state index is 11.0. The second-order valence-electron chi connectivity index (χ2n) is 11.5. The first-order valence-electron chi connectivity index (χ1n) is 11.8. The van der Waals surface area contributed by atoms with E-state index in [1.807, 2.05) is 0 Å². The number of aryl methyl sites for hydroxylation is 5. The summed E-state index contributed by atoms with van der Waals surface area (Å²) in [5.41, 5.74) is 11.2. The molecule has 0 fully saturated rings. The van der Waals surface area contributed by atoms with Gasteiger partial charge < -0.3 is 5.11 Å². The Balaban J connectivity index is 1.85. The van der Waals surface area contributed by atoms with Crippen molar-refractivity contribution in [2.75, 3.05) is 0 Å². The maximum Gasteiger partial charge on any atom is 0.123 e. The number of phenols is 1. The van der Waals surface area contributed by atoms with E-state index in [9.17, 15) is 5.11 Å². The van der Waals surface area contributed by atoms with E-state index in [1.54, 1.807) is 0 Å². The molecule has 0 atom stereocenters. The van der Waals surface area contributed by atoms with Gasteiger partial charge in [-0.3, -0.25) is 0 Å². The van der Waals surface area contributed by atoms with Crippen LogP contribution in [0, 0.1) is 20.8 Å². The van der Waals surface area contributed by atoms with Crippen LogP contribution < -0.4 is 0 Å². The highest BCUT2D eigenvalue weighted by atomic mass is 16.3. The van der Waals surface area contributed by atoms with Gasteiger partial charge in [-0.25, -0.2) is 0 Å². The predicted molar refractivity (Wildman–Crippen MR) is 139 cm³/mol. The van der Waals surface area contributed by atoms with Gasteiger partial charge in [0.25, 0.3) is 0 Å². The molecule has 0 aromatic heterocycles. The fourth-order valence-corrected chi connectivity index (χ4v) is 4.39. The van der Waals surface area contributed by atoms with Crippen molar-refractivity contribution in [3.63, 3.8) is 0 Å². The highest BCUT2D eigenvalue weighted by Gasteiger charge is 2.26. The maximum atomic E-state index is 11.0.